The Morgan fingerprint density at radius 1 is 0.412 bits per heavy atom. The number of benzene rings is 10. The highest BCUT2D eigenvalue weighted by atomic mass is 16.3. The summed E-state index contributed by atoms with van der Waals surface area (Å²) in [7, 11) is 0. The van der Waals surface area contributed by atoms with Crippen molar-refractivity contribution in [2.24, 2.45) is 0 Å². The molecule has 13 aromatic rings. The van der Waals surface area contributed by atoms with Crippen molar-refractivity contribution in [2.75, 3.05) is 0 Å². The molecule has 3 aromatic heterocycles. The summed E-state index contributed by atoms with van der Waals surface area (Å²) in [6.07, 6.45) is 1.25. The first-order valence-electron chi connectivity index (χ1n) is 23.7. The molecule has 0 amide bonds. The van der Waals surface area contributed by atoms with Gasteiger partial charge in [0.15, 0.2) is 11.6 Å². The molecule has 324 valence electrons. The van der Waals surface area contributed by atoms with Crippen LogP contribution in [0.5, 0.6) is 0 Å². The summed E-state index contributed by atoms with van der Waals surface area (Å²) in [4.78, 5) is 16.3. The predicted octanol–water partition coefficient (Wildman–Crippen LogP) is 17.1. The van der Waals surface area contributed by atoms with E-state index >= 15 is 0 Å². The Kier molecular flexibility index (Phi) is 9.00. The smallest absolute Gasteiger partial charge is 0.238 e. The molecule has 0 aliphatic heterocycles. The van der Waals surface area contributed by atoms with E-state index in [9.17, 15) is 0 Å². The fourth-order valence-electron chi connectivity index (χ4n) is 10.9. The van der Waals surface area contributed by atoms with Gasteiger partial charge in [0, 0.05) is 49.0 Å². The third-order valence-corrected chi connectivity index (χ3v) is 14.0. The second-order valence-corrected chi connectivity index (χ2v) is 18.6. The average Bonchev–Trinajstić information content (AvgIpc) is 4.02. The Bertz CT molecular complexity index is 4190. The van der Waals surface area contributed by atoms with Gasteiger partial charge in [0.05, 0.1) is 11.0 Å². The molecule has 0 unspecified atom stereocenters. The quantitative estimate of drug-likeness (QED) is 0.165. The Labute approximate surface area is 394 Å². The van der Waals surface area contributed by atoms with E-state index in [1.54, 1.807) is 0 Å². The zero-order chi connectivity index (χ0) is 45.7. The summed E-state index contributed by atoms with van der Waals surface area (Å²) in [5.74, 6) is 1.70. The van der Waals surface area contributed by atoms with Crippen LogP contribution in [-0.4, -0.2) is 19.5 Å². The first kappa shape index (κ1) is 39.9. The molecule has 0 saturated heterocycles. The standard InChI is InChI=1S/C60H38N4O.C3H8/c1-60(2)50-24-11-9-18-43(50)44-30-28-37(33-51(44)60)40-22-13-23-49-54-47-20-7-5-16-41(47)42-17-6-8-21-48(42)56(54)64(55(40)49)59-62-57(38-27-26-35-14-3-4-15-36(35)32-38)61-58(63-59)39-29-31-46-45-19-10-12-25-52(45)65-53(46)34-39;1-3-2/h3-34H,1-2H3;3H2,1-2H3. The molecule has 10 aromatic carbocycles. The maximum atomic E-state index is 6.44. The zero-order valence-corrected chi connectivity index (χ0v) is 38.4. The van der Waals surface area contributed by atoms with Gasteiger partial charge in [-0.2, -0.15) is 9.97 Å². The lowest BCUT2D eigenvalue weighted by atomic mass is 9.81. The highest BCUT2D eigenvalue weighted by Crippen LogP contribution is 2.51. The molecular weight excluding hydrogens is 829 g/mol. The fourth-order valence-corrected chi connectivity index (χ4v) is 10.9. The van der Waals surface area contributed by atoms with Crippen molar-refractivity contribution in [1.29, 1.82) is 0 Å². The molecule has 0 radical (unpaired) electrons. The van der Waals surface area contributed by atoms with E-state index < -0.39 is 0 Å². The Morgan fingerprint density at radius 3 is 1.79 bits per heavy atom. The van der Waals surface area contributed by atoms with Crippen molar-refractivity contribution in [3.8, 4) is 51.0 Å². The van der Waals surface area contributed by atoms with Crippen LogP contribution in [0, 0.1) is 0 Å². The molecule has 0 bridgehead atoms. The van der Waals surface area contributed by atoms with Crippen molar-refractivity contribution in [1.82, 2.24) is 19.5 Å². The maximum Gasteiger partial charge on any atom is 0.238 e. The van der Waals surface area contributed by atoms with Crippen LogP contribution in [-0.2, 0) is 5.41 Å². The predicted molar refractivity (Wildman–Crippen MR) is 284 cm³/mol. The van der Waals surface area contributed by atoms with E-state index in [2.05, 4.69) is 214 Å². The van der Waals surface area contributed by atoms with Gasteiger partial charge in [-0.15, -0.1) is 0 Å². The van der Waals surface area contributed by atoms with Gasteiger partial charge in [0.25, 0.3) is 0 Å². The lowest BCUT2D eigenvalue weighted by Crippen LogP contribution is -2.14. The molecule has 0 atom stereocenters. The zero-order valence-electron chi connectivity index (χ0n) is 38.4. The summed E-state index contributed by atoms with van der Waals surface area (Å²) < 4.78 is 8.77. The largest absolute Gasteiger partial charge is 0.456 e. The summed E-state index contributed by atoms with van der Waals surface area (Å²) in [5, 5.41) is 11.4. The van der Waals surface area contributed by atoms with Gasteiger partial charge in [0.1, 0.15) is 11.2 Å². The van der Waals surface area contributed by atoms with Crippen molar-refractivity contribution in [2.45, 2.75) is 39.5 Å². The normalized spacial score (nSPS) is 12.9. The van der Waals surface area contributed by atoms with Crippen molar-refractivity contribution >= 4 is 76.1 Å². The van der Waals surface area contributed by atoms with Crippen LogP contribution in [0.1, 0.15) is 45.2 Å². The molecule has 3 heterocycles. The molecule has 1 aliphatic rings. The molecule has 5 heteroatoms. The first-order chi connectivity index (χ1) is 33.4. The van der Waals surface area contributed by atoms with Gasteiger partial charge in [-0.05, 0) is 85.1 Å². The number of para-hydroxylation sites is 2. The molecule has 68 heavy (non-hydrogen) atoms. The van der Waals surface area contributed by atoms with E-state index in [1.165, 1.54) is 50.2 Å². The van der Waals surface area contributed by atoms with Gasteiger partial charge >= 0.3 is 0 Å². The van der Waals surface area contributed by atoms with Gasteiger partial charge in [-0.25, -0.2) is 4.98 Å². The van der Waals surface area contributed by atoms with Crippen LogP contribution >= 0.6 is 0 Å². The van der Waals surface area contributed by atoms with Crippen LogP contribution < -0.4 is 0 Å². The number of rotatable bonds is 4. The second-order valence-electron chi connectivity index (χ2n) is 18.6. The van der Waals surface area contributed by atoms with E-state index in [4.69, 9.17) is 19.4 Å². The SMILES string of the molecule is CC1(C)c2ccccc2-c2ccc(-c3cccc4c5c6ccccc6c6ccccc6c5n(-c5nc(-c6ccc7ccccc7c6)nc(-c6ccc7c(c6)oc6ccccc67)n5)c34)cc21.CCC. The van der Waals surface area contributed by atoms with Crippen molar-refractivity contribution in [3.05, 3.63) is 205 Å². The molecule has 0 spiro atoms. The molecule has 5 nitrogen and oxygen atoms in total. The second kappa shape index (κ2) is 15.3. The number of nitrogens with zero attached hydrogens (tertiary/aromatic N) is 4. The third kappa shape index (κ3) is 5.98. The van der Waals surface area contributed by atoms with Gasteiger partial charge in [0.2, 0.25) is 5.95 Å². The maximum absolute atomic E-state index is 6.44. The molecule has 0 fully saturated rings. The van der Waals surface area contributed by atoms with E-state index in [0.29, 0.717) is 17.6 Å². The molecule has 1 aliphatic carbocycles. The molecule has 0 N–H and O–H groups in total. The summed E-state index contributed by atoms with van der Waals surface area (Å²) in [6, 6.07) is 69.6. The number of hydrogen-bond donors (Lipinski definition) is 0. The Hall–Kier alpha value is -8.41. The van der Waals surface area contributed by atoms with Crippen molar-refractivity contribution in [3.63, 3.8) is 0 Å². The summed E-state index contributed by atoms with van der Waals surface area (Å²) in [5.41, 5.74) is 12.9. The van der Waals surface area contributed by atoms with E-state index in [-0.39, 0.29) is 5.41 Å². The highest BCUT2D eigenvalue weighted by molar-refractivity contribution is 6.33. The van der Waals surface area contributed by atoms with Gasteiger partial charge < -0.3 is 4.42 Å². The number of aromatic nitrogens is 4. The average molecular weight is 875 g/mol. The summed E-state index contributed by atoms with van der Waals surface area (Å²) >= 11 is 0. The first-order valence-corrected chi connectivity index (χ1v) is 23.7. The highest BCUT2D eigenvalue weighted by Gasteiger charge is 2.35. The monoisotopic (exact) mass is 874 g/mol. The molecular formula is C63H46N4O. The van der Waals surface area contributed by atoms with E-state index in [0.717, 1.165) is 76.8 Å². The van der Waals surface area contributed by atoms with Crippen LogP contribution in [0.4, 0.5) is 0 Å². The molecule has 0 saturated carbocycles. The Balaban J connectivity index is 0.00000149. The van der Waals surface area contributed by atoms with Crippen molar-refractivity contribution < 1.29 is 4.42 Å². The fraction of sp³-hybridized carbons (Fsp3) is 0.0952. The Morgan fingerprint density at radius 2 is 0.985 bits per heavy atom. The van der Waals surface area contributed by atoms with Crippen LogP contribution in [0.3, 0.4) is 0 Å². The number of fused-ring (bicyclic) bond motifs is 15. The lowest BCUT2D eigenvalue weighted by molar-refractivity contribution is 0.660. The minimum atomic E-state index is -0.159. The van der Waals surface area contributed by atoms with Crippen LogP contribution in [0.25, 0.3) is 127 Å². The lowest BCUT2D eigenvalue weighted by Gasteiger charge is -2.22. The number of furan rings is 1. The van der Waals surface area contributed by atoms with Gasteiger partial charge in [-0.1, -0.05) is 198 Å². The minimum Gasteiger partial charge on any atom is -0.456 e. The minimum absolute atomic E-state index is 0.159. The number of hydrogen-bond acceptors (Lipinski definition) is 4. The summed E-state index contributed by atoms with van der Waals surface area (Å²) in [6.45, 7) is 8.95. The third-order valence-electron chi connectivity index (χ3n) is 14.0. The van der Waals surface area contributed by atoms with E-state index in [1.807, 2.05) is 12.1 Å². The van der Waals surface area contributed by atoms with Gasteiger partial charge in [-0.3, -0.25) is 4.57 Å². The van der Waals surface area contributed by atoms with Crippen LogP contribution in [0.2, 0.25) is 0 Å². The molecule has 14 rings (SSSR count). The topological polar surface area (TPSA) is 56.7 Å². The van der Waals surface area contributed by atoms with Crippen LogP contribution in [0.15, 0.2) is 199 Å².